The van der Waals surface area contributed by atoms with E-state index in [9.17, 15) is 9.59 Å². The van der Waals surface area contributed by atoms with Gasteiger partial charge in [-0.3, -0.25) is 14.5 Å². The van der Waals surface area contributed by atoms with E-state index in [1.165, 1.54) is 18.8 Å². The molecule has 0 unspecified atom stereocenters. The minimum Gasteiger partial charge on any atom is -0.323 e. The number of amidine groups is 1. The van der Waals surface area contributed by atoms with Crippen LogP contribution in [0.5, 0.6) is 0 Å². The molecule has 1 N–H and O–H groups in total. The third kappa shape index (κ3) is 3.20. The molecule has 0 bridgehead atoms. The van der Waals surface area contributed by atoms with Gasteiger partial charge in [0.2, 0.25) is 11.1 Å². The Labute approximate surface area is 117 Å². The zero-order chi connectivity index (χ0) is 14.5. The van der Waals surface area contributed by atoms with E-state index in [-0.39, 0.29) is 5.91 Å². The molecule has 0 atom stereocenters. The molecule has 108 valence electrons. The third-order valence-corrected chi connectivity index (χ3v) is 4.77. The molecular formula is C12H21N3O3S. The first-order chi connectivity index (χ1) is 9.04. The number of hydrogen-bond donors (Lipinski definition) is 1. The SMILES string of the molecule is CCCN1C(=O)C(CC)(CC)SC1=NOC(=O)NC. The van der Waals surface area contributed by atoms with Gasteiger partial charge in [-0.2, -0.15) is 0 Å². The van der Waals surface area contributed by atoms with Crippen molar-refractivity contribution in [1.82, 2.24) is 10.2 Å². The molecule has 0 aromatic rings. The molecule has 0 saturated carbocycles. The summed E-state index contributed by atoms with van der Waals surface area (Å²) in [6.45, 7) is 6.55. The summed E-state index contributed by atoms with van der Waals surface area (Å²) in [5, 5.41) is 6.59. The second-order valence-corrected chi connectivity index (χ2v) is 5.61. The smallest absolute Gasteiger partial charge is 0.323 e. The predicted octanol–water partition coefficient (Wildman–Crippen LogP) is 2.16. The summed E-state index contributed by atoms with van der Waals surface area (Å²) in [6.07, 6.45) is 1.65. The van der Waals surface area contributed by atoms with Crippen LogP contribution in [0, 0.1) is 0 Å². The standard InChI is InChI=1S/C12H21N3O3S/c1-5-8-15-9(16)12(6-2,7-3)19-10(15)14-18-11(17)13-4/h5-8H2,1-4H3,(H,13,17). The highest BCUT2D eigenvalue weighted by Crippen LogP contribution is 2.42. The first-order valence-electron chi connectivity index (χ1n) is 6.52. The lowest BCUT2D eigenvalue weighted by Gasteiger charge is -2.22. The summed E-state index contributed by atoms with van der Waals surface area (Å²) in [5.74, 6) is 0.0589. The van der Waals surface area contributed by atoms with Gasteiger partial charge >= 0.3 is 6.09 Å². The molecule has 0 radical (unpaired) electrons. The van der Waals surface area contributed by atoms with Gasteiger partial charge in [-0.1, -0.05) is 32.5 Å². The fourth-order valence-corrected chi connectivity index (χ4v) is 3.11. The van der Waals surface area contributed by atoms with E-state index in [1.54, 1.807) is 4.90 Å². The van der Waals surface area contributed by atoms with Crippen molar-refractivity contribution in [3.05, 3.63) is 0 Å². The lowest BCUT2D eigenvalue weighted by molar-refractivity contribution is -0.129. The average molecular weight is 287 g/mol. The predicted molar refractivity (Wildman–Crippen MR) is 75.9 cm³/mol. The van der Waals surface area contributed by atoms with E-state index < -0.39 is 10.8 Å². The Morgan fingerprint density at radius 3 is 2.53 bits per heavy atom. The molecule has 6 nitrogen and oxygen atoms in total. The van der Waals surface area contributed by atoms with Crippen LogP contribution in [0.15, 0.2) is 5.16 Å². The van der Waals surface area contributed by atoms with Crippen LogP contribution in [0.4, 0.5) is 4.79 Å². The summed E-state index contributed by atoms with van der Waals surface area (Å²) >= 11 is 1.39. The lowest BCUT2D eigenvalue weighted by Crippen LogP contribution is -2.39. The number of carbonyl (C=O) groups is 2. The van der Waals surface area contributed by atoms with Gasteiger partial charge in [0, 0.05) is 13.6 Å². The Morgan fingerprint density at radius 1 is 1.42 bits per heavy atom. The molecule has 1 saturated heterocycles. The third-order valence-electron chi connectivity index (χ3n) is 3.15. The Hall–Kier alpha value is -1.24. The molecular weight excluding hydrogens is 266 g/mol. The summed E-state index contributed by atoms with van der Waals surface area (Å²) in [7, 11) is 1.46. The molecule has 1 aliphatic heterocycles. The molecule has 0 aromatic heterocycles. The Morgan fingerprint density at radius 2 is 2.05 bits per heavy atom. The van der Waals surface area contributed by atoms with Crippen molar-refractivity contribution in [2.45, 2.75) is 44.8 Å². The van der Waals surface area contributed by atoms with Crippen LogP contribution in [0.1, 0.15) is 40.0 Å². The zero-order valence-corrected chi connectivity index (χ0v) is 12.7. The van der Waals surface area contributed by atoms with Crippen molar-refractivity contribution in [3.8, 4) is 0 Å². The van der Waals surface area contributed by atoms with E-state index >= 15 is 0 Å². The maximum Gasteiger partial charge on any atom is 0.433 e. The van der Waals surface area contributed by atoms with E-state index in [0.717, 1.165) is 19.3 Å². The molecule has 1 aliphatic rings. The van der Waals surface area contributed by atoms with Crippen LogP contribution >= 0.6 is 11.8 Å². The second kappa shape index (κ2) is 6.79. The van der Waals surface area contributed by atoms with Crippen LogP contribution in [0.3, 0.4) is 0 Å². The molecule has 0 spiro atoms. The van der Waals surface area contributed by atoms with Crippen LogP contribution in [-0.2, 0) is 9.63 Å². The van der Waals surface area contributed by atoms with E-state index in [0.29, 0.717) is 11.7 Å². The van der Waals surface area contributed by atoms with Gasteiger partial charge in [-0.25, -0.2) is 4.79 Å². The molecule has 2 amide bonds. The van der Waals surface area contributed by atoms with Crippen molar-refractivity contribution in [1.29, 1.82) is 0 Å². The van der Waals surface area contributed by atoms with E-state index in [4.69, 9.17) is 4.84 Å². The fourth-order valence-electron chi connectivity index (χ4n) is 1.92. The van der Waals surface area contributed by atoms with Gasteiger partial charge in [0.05, 0.1) is 0 Å². The average Bonchev–Trinajstić information content (AvgIpc) is 2.70. The quantitative estimate of drug-likeness (QED) is 0.621. The number of oxime groups is 1. The topological polar surface area (TPSA) is 71.0 Å². The monoisotopic (exact) mass is 287 g/mol. The van der Waals surface area contributed by atoms with E-state index in [2.05, 4.69) is 10.5 Å². The van der Waals surface area contributed by atoms with Crippen LogP contribution in [0.25, 0.3) is 0 Å². The maximum atomic E-state index is 12.5. The van der Waals surface area contributed by atoms with Gasteiger partial charge in [0.15, 0.2) is 0 Å². The van der Waals surface area contributed by atoms with Gasteiger partial charge < -0.3 is 5.32 Å². The number of hydrogen-bond acceptors (Lipinski definition) is 5. The Bertz CT molecular complexity index is 380. The van der Waals surface area contributed by atoms with E-state index in [1.807, 2.05) is 20.8 Å². The molecule has 0 aliphatic carbocycles. The van der Waals surface area contributed by atoms with Crippen molar-refractivity contribution in [3.63, 3.8) is 0 Å². The van der Waals surface area contributed by atoms with Gasteiger partial charge in [-0.05, 0) is 24.4 Å². The molecule has 1 rings (SSSR count). The first kappa shape index (κ1) is 15.8. The molecule has 0 aromatic carbocycles. The number of nitrogens with zero attached hydrogens (tertiary/aromatic N) is 2. The second-order valence-electron chi connectivity index (χ2n) is 4.26. The highest BCUT2D eigenvalue weighted by atomic mass is 32.2. The van der Waals surface area contributed by atoms with Crippen molar-refractivity contribution >= 4 is 28.9 Å². The largest absolute Gasteiger partial charge is 0.433 e. The summed E-state index contributed by atoms with van der Waals surface area (Å²) < 4.78 is -0.472. The number of nitrogens with one attached hydrogen (secondary N) is 1. The minimum atomic E-state index is -0.637. The summed E-state index contributed by atoms with van der Waals surface area (Å²) in [5.41, 5.74) is 0. The van der Waals surface area contributed by atoms with Crippen molar-refractivity contribution < 1.29 is 14.4 Å². The number of rotatable bonds is 5. The number of thioether (sulfide) groups is 1. The first-order valence-corrected chi connectivity index (χ1v) is 7.34. The number of carbonyl (C=O) groups excluding carboxylic acids is 2. The number of amides is 2. The zero-order valence-electron chi connectivity index (χ0n) is 11.9. The summed E-state index contributed by atoms with van der Waals surface area (Å²) in [4.78, 5) is 29.9. The summed E-state index contributed by atoms with van der Waals surface area (Å²) in [6, 6.07) is 0. The highest BCUT2D eigenvalue weighted by molar-refractivity contribution is 8.16. The molecule has 19 heavy (non-hydrogen) atoms. The van der Waals surface area contributed by atoms with Crippen molar-refractivity contribution in [2.75, 3.05) is 13.6 Å². The highest BCUT2D eigenvalue weighted by Gasteiger charge is 2.49. The lowest BCUT2D eigenvalue weighted by atomic mass is 10.0. The fraction of sp³-hybridized carbons (Fsp3) is 0.750. The van der Waals surface area contributed by atoms with Crippen molar-refractivity contribution in [2.24, 2.45) is 5.16 Å². The molecule has 7 heteroatoms. The van der Waals surface area contributed by atoms with Crippen LogP contribution in [0.2, 0.25) is 0 Å². The molecule has 1 fully saturated rings. The Kier molecular flexibility index (Phi) is 5.65. The van der Waals surface area contributed by atoms with Gasteiger partial charge in [0.25, 0.3) is 0 Å². The van der Waals surface area contributed by atoms with Gasteiger partial charge in [-0.15, -0.1) is 0 Å². The van der Waals surface area contributed by atoms with Gasteiger partial charge in [0.1, 0.15) is 4.75 Å². The maximum absolute atomic E-state index is 12.5. The molecule has 1 heterocycles. The van der Waals surface area contributed by atoms with Crippen LogP contribution < -0.4 is 5.32 Å². The normalized spacial score (nSPS) is 19.9. The van der Waals surface area contributed by atoms with Crippen LogP contribution in [-0.4, -0.2) is 40.4 Å². The minimum absolute atomic E-state index is 0.0589. The Balaban J connectivity index is 2.96.